The maximum absolute atomic E-state index is 4.04. The van der Waals surface area contributed by atoms with E-state index in [2.05, 4.69) is 112 Å². The fraction of sp³-hybridized carbons (Fsp3) is 0.417. The van der Waals surface area contributed by atoms with Crippen molar-refractivity contribution < 1.29 is 0 Å². The van der Waals surface area contributed by atoms with Crippen LogP contribution in [0.1, 0.15) is 59.3 Å². The van der Waals surface area contributed by atoms with Crippen LogP contribution in [-0.4, -0.2) is 10.7 Å². The summed E-state index contributed by atoms with van der Waals surface area (Å²) in [7, 11) is 0. The van der Waals surface area contributed by atoms with E-state index in [-0.39, 0.29) is 0 Å². The van der Waals surface area contributed by atoms with E-state index < -0.39 is 0 Å². The van der Waals surface area contributed by atoms with E-state index in [1.54, 1.807) is 0 Å². The number of alkyl halides is 4. The highest BCUT2D eigenvalue weighted by molar-refractivity contribution is 9.09. The lowest BCUT2D eigenvalue weighted by molar-refractivity contribution is 0.721. The molecule has 2 unspecified atom stereocenters. The molecule has 0 saturated carbocycles. The van der Waals surface area contributed by atoms with Gasteiger partial charge in [-0.05, 0) is 58.4 Å². The molecule has 0 radical (unpaired) electrons. The van der Waals surface area contributed by atoms with E-state index in [0.717, 1.165) is 23.5 Å². The number of rotatable bonds is 10. The van der Waals surface area contributed by atoms with Gasteiger partial charge in [-0.15, -0.1) is 0 Å². The van der Waals surface area contributed by atoms with Gasteiger partial charge < -0.3 is 0 Å². The highest BCUT2D eigenvalue weighted by Gasteiger charge is 2.21. The van der Waals surface area contributed by atoms with Crippen molar-refractivity contribution in [2.45, 2.75) is 48.2 Å². The number of hydrogen-bond acceptors (Lipinski definition) is 0. The molecule has 0 amide bonds. The van der Waals surface area contributed by atoms with Gasteiger partial charge in [0.15, 0.2) is 0 Å². The van der Waals surface area contributed by atoms with Crippen molar-refractivity contribution in [3.63, 3.8) is 0 Å². The first-order chi connectivity index (χ1) is 13.7. The lowest BCUT2D eigenvalue weighted by Crippen LogP contribution is -2.00. The van der Waals surface area contributed by atoms with E-state index in [1.165, 1.54) is 58.4 Å². The molecule has 0 bridgehead atoms. The van der Waals surface area contributed by atoms with Crippen molar-refractivity contribution in [1.29, 1.82) is 0 Å². The van der Waals surface area contributed by atoms with Crippen LogP contribution >= 0.6 is 63.7 Å². The van der Waals surface area contributed by atoms with E-state index in [4.69, 9.17) is 0 Å². The Morgan fingerprint density at radius 2 is 0.857 bits per heavy atom. The molecule has 0 fully saturated rings. The van der Waals surface area contributed by atoms with E-state index in [0.29, 0.717) is 9.65 Å². The van der Waals surface area contributed by atoms with Crippen LogP contribution in [0.3, 0.4) is 0 Å². The minimum atomic E-state index is 0.373. The van der Waals surface area contributed by atoms with Gasteiger partial charge in [0.2, 0.25) is 0 Å². The summed E-state index contributed by atoms with van der Waals surface area (Å²) in [5.74, 6) is 0. The normalized spacial score (nSPS) is 13.9. The van der Waals surface area contributed by atoms with Gasteiger partial charge in [-0.2, -0.15) is 0 Å². The Bertz CT molecular complexity index is 775. The Labute approximate surface area is 202 Å². The number of unbranched alkanes of at least 4 members (excludes halogenated alkanes) is 2. The Balaban J connectivity index is 2.15. The van der Waals surface area contributed by atoms with Gasteiger partial charge in [-0.1, -0.05) is 125 Å². The first-order valence-corrected chi connectivity index (χ1v) is 14.1. The molecule has 0 aliphatic heterocycles. The quantitative estimate of drug-likeness (QED) is 0.118. The molecule has 3 rings (SSSR count). The van der Waals surface area contributed by atoms with E-state index in [1.807, 2.05) is 0 Å². The Morgan fingerprint density at radius 1 is 0.536 bits per heavy atom. The summed E-state index contributed by atoms with van der Waals surface area (Å²) in [6.45, 7) is 0. The molecule has 3 aromatic carbocycles. The zero-order valence-corrected chi connectivity index (χ0v) is 22.3. The number of hydrogen-bond donors (Lipinski definition) is 0. The molecule has 0 saturated heterocycles. The largest absolute Gasteiger partial charge is 0.0928 e. The average molecular weight is 634 g/mol. The molecule has 28 heavy (non-hydrogen) atoms. The molecule has 0 nitrogen and oxygen atoms in total. The molecule has 150 valence electrons. The topological polar surface area (TPSA) is 0 Å². The van der Waals surface area contributed by atoms with Crippen LogP contribution in [0, 0.1) is 0 Å². The van der Waals surface area contributed by atoms with Gasteiger partial charge in [-0.25, -0.2) is 0 Å². The van der Waals surface area contributed by atoms with Crippen LogP contribution in [0.5, 0.6) is 0 Å². The van der Waals surface area contributed by atoms with Gasteiger partial charge in [0, 0.05) is 20.3 Å². The molecular weight excluding hydrogens is 608 g/mol. The van der Waals surface area contributed by atoms with E-state index in [9.17, 15) is 0 Å². The predicted octanol–water partition coefficient (Wildman–Crippen LogP) is 10.00. The summed E-state index contributed by atoms with van der Waals surface area (Å²) in [5, 5.41) is 7.71. The standard InChI is InChI=1S/C24H26Br4/c25-15-7-5-13-21(27)23-17-9-1-2-10-18(17)24(22(28)14-6-8-16-26)20-12-4-3-11-19(20)23/h1-4,9-12,21-22H,5-8,13-16H2. The van der Waals surface area contributed by atoms with Crippen LogP contribution in [0.4, 0.5) is 0 Å². The second-order valence-corrected chi connectivity index (χ2v) is 11.0. The number of fused-ring (bicyclic) bond motifs is 2. The molecule has 0 aliphatic rings. The maximum atomic E-state index is 4.04. The van der Waals surface area contributed by atoms with Crippen LogP contribution < -0.4 is 0 Å². The summed E-state index contributed by atoms with van der Waals surface area (Å²) in [6.07, 6.45) is 7.18. The summed E-state index contributed by atoms with van der Waals surface area (Å²) >= 11 is 15.2. The van der Waals surface area contributed by atoms with Crippen molar-refractivity contribution in [2.75, 3.05) is 10.7 Å². The van der Waals surface area contributed by atoms with Crippen molar-refractivity contribution >= 4 is 85.3 Å². The molecule has 0 heterocycles. The predicted molar refractivity (Wildman–Crippen MR) is 140 cm³/mol. The Kier molecular flexibility index (Phi) is 9.34. The smallest absolute Gasteiger partial charge is 0.0407 e. The highest BCUT2D eigenvalue weighted by atomic mass is 79.9. The van der Waals surface area contributed by atoms with Gasteiger partial charge in [0.1, 0.15) is 0 Å². The van der Waals surface area contributed by atoms with Gasteiger partial charge in [-0.3, -0.25) is 0 Å². The third-order valence-electron chi connectivity index (χ3n) is 5.32. The molecular formula is C24H26Br4. The molecule has 4 heteroatoms. The number of halogens is 4. The summed E-state index contributed by atoms with van der Waals surface area (Å²) in [5.41, 5.74) is 2.90. The monoisotopic (exact) mass is 630 g/mol. The van der Waals surface area contributed by atoms with Gasteiger partial charge in [0.05, 0.1) is 0 Å². The third kappa shape index (κ3) is 5.22. The fourth-order valence-corrected chi connectivity index (χ4v) is 6.42. The highest BCUT2D eigenvalue weighted by Crippen LogP contribution is 2.45. The van der Waals surface area contributed by atoms with Crippen LogP contribution in [0.2, 0.25) is 0 Å². The summed E-state index contributed by atoms with van der Waals surface area (Å²) in [6, 6.07) is 17.9. The van der Waals surface area contributed by atoms with Crippen molar-refractivity contribution in [3.8, 4) is 0 Å². The molecule has 3 aromatic rings. The lowest BCUT2D eigenvalue weighted by atomic mass is 9.87. The van der Waals surface area contributed by atoms with Crippen molar-refractivity contribution in [1.82, 2.24) is 0 Å². The average Bonchev–Trinajstić information content (AvgIpc) is 2.72. The summed E-state index contributed by atoms with van der Waals surface area (Å²) in [4.78, 5) is 0.746. The Hall–Kier alpha value is 0.1000. The van der Waals surface area contributed by atoms with Crippen molar-refractivity contribution in [3.05, 3.63) is 59.7 Å². The zero-order chi connectivity index (χ0) is 19.9. The molecule has 2 atom stereocenters. The second kappa shape index (κ2) is 11.5. The molecule has 0 N–H and O–H groups in total. The molecule has 0 aromatic heterocycles. The molecule has 0 spiro atoms. The SMILES string of the molecule is BrCCCCC(Br)c1c2ccccc2c(C(Br)CCCCBr)c2ccccc12. The summed E-state index contributed by atoms with van der Waals surface area (Å²) < 4.78 is 0. The Morgan fingerprint density at radius 3 is 1.14 bits per heavy atom. The molecule has 0 aliphatic carbocycles. The maximum Gasteiger partial charge on any atom is 0.0407 e. The van der Waals surface area contributed by atoms with Crippen LogP contribution in [-0.2, 0) is 0 Å². The lowest BCUT2D eigenvalue weighted by Gasteiger charge is -2.22. The fourth-order valence-electron chi connectivity index (χ4n) is 4.00. The van der Waals surface area contributed by atoms with Crippen LogP contribution in [0.15, 0.2) is 48.5 Å². The minimum Gasteiger partial charge on any atom is -0.0928 e. The van der Waals surface area contributed by atoms with Gasteiger partial charge in [0.25, 0.3) is 0 Å². The first kappa shape index (κ1) is 22.8. The first-order valence-electron chi connectivity index (χ1n) is 10.0. The van der Waals surface area contributed by atoms with Crippen LogP contribution in [0.25, 0.3) is 21.5 Å². The van der Waals surface area contributed by atoms with E-state index >= 15 is 0 Å². The van der Waals surface area contributed by atoms with Gasteiger partial charge >= 0.3 is 0 Å². The third-order valence-corrected chi connectivity index (χ3v) is 8.28. The second-order valence-electron chi connectivity index (χ2n) is 7.22. The zero-order valence-electron chi connectivity index (χ0n) is 15.9. The van der Waals surface area contributed by atoms with Crippen molar-refractivity contribution in [2.24, 2.45) is 0 Å². The number of benzene rings is 3. The minimum absolute atomic E-state index is 0.373.